The minimum absolute atomic E-state index is 0.0911. The van der Waals surface area contributed by atoms with Crippen LogP contribution in [0.5, 0.6) is 0 Å². The molecule has 0 radical (unpaired) electrons. The summed E-state index contributed by atoms with van der Waals surface area (Å²) in [5, 5.41) is 3.51. The van der Waals surface area contributed by atoms with Crippen LogP contribution in [-0.2, 0) is 4.79 Å². The molecule has 2 aliphatic rings. The molecule has 1 aliphatic carbocycles. The summed E-state index contributed by atoms with van der Waals surface area (Å²) in [5.41, 5.74) is 1.21. The van der Waals surface area contributed by atoms with Crippen molar-refractivity contribution in [1.29, 1.82) is 0 Å². The first kappa shape index (κ1) is 17.9. The van der Waals surface area contributed by atoms with Crippen LogP contribution in [0.1, 0.15) is 44.3 Å². The number of halogens is 1. The van der Waals surface area contributed by atoms with Gasteiger partial charge >= 0.3 is 0 Å². The molecule has 140 valence electrons. The molecule has 2 heterocycles. The fourth-order valence-electron chi connectivity index (χ4n) is 3.74. The van der Waals surface area contributed by atoms with E-state index in [1.807, 2.05) is 0 Å². The molecule has 0 spiro atoms. The Morgan fingerprint density at radius 2 is 1.78 bits per heavy atom. The maximum atomic E-state index is 13.1. The zero-order valence-corrected chi connectivity index (χ0v) is 15.7. The number of hydrogen-bond acceptors (Lipinski definition) is 3. The minimum atomic E-state index is -0.291. The fourth-order valence-corrected chi connectivity index (χ4v) is 4.08. The number of rotatable bonds is 3. The monoisotopic (exact) mass is 384 g/mol. The van der Waals surface area contributed by atoms with Crippen LogP contribution in [0, 0.1) is 5.82 Å². The summed E-state index contributed by atoms with van der Waals surface area (Å²) in [6, 6.07) is 9.87. The van der Waals surface area contributed by atoms with Gasteiger partial charge in [0, 0.05) is 17.7 Å². The molecule has 27 heavy (non-hydrogen) atoms. The third kappa shape index (κ3) is 3.81. The number of benzene rings is 1. The van der Waals surface area contributed by atoms with Gasteiger partial charge in [-0.25, -0.2) is 4.39 Å². The Morgan fingerprint density at radius 3 is 2.48 bits per heavy atom. The third-order valence-corrected chi connectivity index (χ3v) is 5.44. The van der Waals surface area contributed by atoms with Crippen molar-refractivity contribution in [3.63, 3.8) is 0 Å². The normalized spacial score (nSPS) is 20.2. The van der Waals surface area contributed by atoms with Crippen LogP contribution in [0.25, 0.3) is 17.4 Å². The summed E-state index contributed by atoms with van der Waals surface area (Å²) in [4.78, 5) is 14.6. The van der Waals surface area contributed by atoms with Crippen LogP contribution in [0.2, 0.25) is 0 Å². The Balaban J connectivity index is 1.53. The van der Waals surface area contributed by atoms with E-state index in [9.17, 15) is 9.18 Å². The largest absolute Gasteiger partial charge is 0.457 e. The quantitative estimate of drug-likeness (QED) is 0.466. The molecule has 4 nitrogen and oxygen atoms in total. The van der Waals surface area contributed by atoms with Crippen LogP contribution in [0.15, 0.2) is 46.5 Å². The number of amides is 1. The van der Waals surface area contributed by atoms with E-state index in [1.54, 1.807) is 35.2 Å². The highest BCUT2D eigenvalue weighted by molar-refractivity contribution is 7.80. The first-order chi connectivity index (χ1) is 13.1. The second-order valence-corrected chi connectivity index (χ2v) is 7.40. The molecule has 4 rings (SSSR count). The summed E-state index contributed by atoms with van der Waals surface area (Å²) < 4.78 is 18.9. The van der Waals surface area contributed by atoms with Crippen LogP contribution < -0.4 is 5.32 Å². The zero-order chi connectivity index (χ0) is 18.8. The fraction of sp³-hybridized carbons (Fsp3) is 0.333. The molecule has 2 aromatic rings. The number of carbonyl (C=O) groups is 1. The molecule has 2 fully saturated rings. The van der Waals surface area contributed by atoms with Crippen molar-refractivity contribution in [3.05, 3.63) is 53.7 Å². The minimum Gasteiger partial charge on any atom is -0.457 e. The number of hydrogen-bond donors (Lipinski definition) is 1. The molecule has 1 aliphatic heterocycles. The van der Waals surface area contributed by atoms with Gasteiger partial charge in [-0.2, -0.15) is 0 Å². The van der Waals surface area contributed by atoms with Gasteiger partial charge in [-0.3, -0.25) is 9.69 Å². The highest BCUT2D eigenvalue weighted by atomic mass is 32.1. The van der Waals surface area contributed by atoms with Crippen molar-refractivity contribution in [1.82, 2.24) is 10.2 Å². The summed E-state index contributed by atoms with van der Waals surface area (Å²) in [5.74, 6) is 0.790. The summed E-state index contributed by atoms with van der Waals surface area (Å²) in [7, 11) is 0. The smallest absolute Gasteiger partial charge is 0.276 e. The van der Waals surface area contributed by atoms with Crippen LogP contribution in [-0.4, -0.2) is 22.0 Å². The molecule has 1 aromatic heterocycles. The van der Waals surface area contributed by atoms with Crippen molar-refractivity contribution in [2.75, 3.05) is 0 Å². The Morgan fingerprint density at radius 1 is 1.07 bits per heavy atom. The van der Waals surface area contributed by atoms with Gasteiger partial charge in [0.15, 0.2) is 5.11 Å². The first-order valence-electron chi connectivity index (χ1n) is 9.34. The van der Waals surface area contributed by atoms with Crippen molar-refractivity contribution >= 4 is 29.3 Å². The molecule has 1 amide bonds. The molecule has 1 aromatic carbocycles. The number of furan rings is 1. The van der Waals surface area contributed by atoms with Gasteiger partial charge in [-0.15, -0.1) is 0 Å². The third-order valence-electron chi connectivity index (χ3n) is 5.14. The zero-order valence-electron chi connectivity index (χ0n) is 14.9. The van der Waals surface area contributed by atoms with Gasteiger partial charge in [0.05, 0.1) is 0 Å². The van der Waals surface area contributed by atoms with Crippen molar-refractivity contribution in [2.45, 2.75) is 44.6 Å². The molecule has 1 saturated carbocycles. The predicted molar refractivity (Wildman–Crippen MR) is 106 cm³/mol. The SMILES string of the molecule is O=C1C(=Cc2ccc(-c3ccc(F)cc3)o2)NC(=S)N1C1CCCCCC1. The highest BCUT2D eigenvalue weighted by Crippen LogP contribution is 2.28. The lowest BCUT2D eigenvalue weighted by Crippen LogP contribution is -2.40. The number of carbonyl (C=O) groups excluding carboxylic acids is 1. The van der Waals surface area contributed by atoms with Crippen molar-refractivity contribution in [2.24, 2.45) is 0 Å². The van der Waals surface area contributed by atoms with E-state index in [2.05, 4.69) is 5.32 Å². The van der Waals surface area contributed by atoms with E-state index in [4.69, 9.17) is 16.6 Å². The molecule has 0 atom stereocenters. The van der Waals surface area contributed by atoms with Gasteiger partial charge in [0.2, 0.25) is 0 Å². The second-order valence-electron chi connectivity index (χ2n) is 7.02. The van der Waals surface area contributed by atoms with Crippen molar-refractivity contribution < 1.29 is 13.6 Å². The van der Waals surface area contributed by atoms with E-state index in [-0.39, 0.29) is 17.8 Å². The Labute approximate surface area is 163 Å². The van der Waals surface area contributed by atoms with Crippen LogP contribution in [0.4, 0.5) is 4.39 Å². The first-order valence-corrected chi connectivity index (χ1v) is 9.75. The van der Waals surface area contributed by atoms with E-state index in [1.165, 1.54) is 25.0 Å². The van der Waals surface area contributed by atoms with E-state index in [0.29, 0.717) is 22.3 Å². The van der Waals surface area contributed by atoms with Crippen LogP contribution >= 0.6 is 12.2 Å². The predicted octanol–water partition coefficient (Wildman–Crippen LogP) is 4.87. The molecule has 1 saturated heterocycles. The lowest BCUT2D eigenvalue weighted by atomic mass is 10.1. The topological polar surface area (TPSA) is 45.5 Å². The lowest BCUT2D eigenvalue weighted by molar-refractivity contribution is -0.124. The van der Waals surface area contributed by atoms with Crippen molar-refractivity contribution in [3.8, 4) is 11.3 Å². The van der Waals surface area contributed by atoms with Gasteiger partial charge < -0.3 is 9.73 Å². The number of thiocarbonyl (C=S) groups is 1. The van der Waals surface area contributed by atoms with Gasteiger partial charge in [-0.05, 0) is 61.5 Å². The average Bonchev–Trinajstić information content (AvgIpc) is 3.10. The molecule has 0 bridgehead atoms. The summed E-state index contributed by atoms with van der Waals surface area (Å²) in [6.07, 6.45) is 8.38. The molecule has 6 heteroatoms. The number of nitrogens with zero attached hydrogens (tertiary/aromatic N) is 1. The average molecular weight is 384 g/mol. The maximum Gasteiger partial charge on any atom is 0.276 e. The Kier molecular flexibility index (Phi) is 5.07. The van der Waals surface area contributed by atoms with E-state index >= 15 is 0 Å². The summed E-state index contributed by atoms with van der Waals surface area (Å²) in [6.45, 7) is 0. The van der Waals surface area contributed by atoms with E-state index < -0.39 is 0 Å². The molecule has 1 N–H and O–H groups in total. The lowest BCUT2D eigenvalue weighted by Gasteiger charge is -2.25. The van der Waals surface area contributed by atoms with Gasteiger partial charge in [0.25, 0.3) is 5.91 Å². The molecular weight excluding hydrogens is 363 g/mol. The molecule has 0 unspecified atom stereocenters. The van der Waals surface area contributed by atoms with Gasteiger partial charge in [0.1, 0.15) is 23.0 Å². The standard InChI is InChI=1S/C21H21FN2O2S/c22-15-9-7-14(8-10-15)19-12-11-17(26-19)13-18-20(25)24(21(27)23-18)16-5-3-1-2-4-6-16/h7-13,16H,1-6H2,(H,23,27). The maximum absolute atomic E-state index is 13.1. The van der Waals surface area contributed by atoms with Crippen LogP contribution in [0.3, 0.4) is 0 Å². The highest BCUT2D eigenvalue weighted by Gasteiger charge is 2.36. The van der Waals surface area contributed by atoms with Gasteiger partial charge in [-0.1, -0.05) is 25.7 Å². The second kappa shape index (κ2) is 7.64. The number of nitrogens with one attached hydrogen (secondary N) is 1. The van der Waals surface area contributed by atoms with E-state index in [0.717, 1.165) is 31.2 Å². The Bertz CT molecular complexity index is 880. The summed E-state index contributed by atoms with van der Waals surface area (Å²) >= 11 is 5.42. The molecular formula is C21H21FN2O2S. The Hall–Kier alpha value is -2.47.